The van der Waals surface area contributed by atoms with Crippen LogP contribution in [-0.4, -0.2) is 54.2 Å². The number of aryl methyl sites for hydroxylation is 1. The first-order valence-corrected chi connectivity index (χ1v) is 8.42. The second-order valence-electron chi connectivity index (χ2n) is 6.45. The third-order valence-corrected chi connectivity index (χ3v) is 4.86. The number of nitrogens with one attached hydrogen (secondary N) is 1. The summed E-state index contributed by atoms with van der Waals surface area (Å²) in [5.74, 6) is -0.151. The standard InChI is InChI=1S/C16H24N6O2/c1-4-12(5-2)22-11(3)8-13(19-22)15(23)21-7-6-16(24,10-21)14-9-17-20-18-14/h8-9,12,24H,4-7,10H2,1-3H3,(H,17,18,20)/t16-/m0/s1. The zero-order chi connectivity index (χ0) is 17.3. The number of aromatic nitrogens is 5. The number of hydrogen-bond donors (Lipinski definition) is 2. The van der Waals surface area contributed by atoms with Gasteiger partial charge in [0.2, 0.25) is 0 Å². The number of likely N-dealkylation sites (tertiary alicyclic amines) is 1. The Labute approximate surface area is 140 Å². The van der Waals surface area contributed by atoms with E-state index in [2.05, 4.69) is 34.4 Å². The zero-order valence-electron chi connectivity index (χ0n) is 14.4. The Morgan fingerprint density at radius 3 is 2.83 bits per heavy atom. The van der Waals surface area contributed by atoms with E-state index < -0.39 is 5.60 Å². The summed E-state index contributed by atoms with van der Waals surface area (Å²) in [6.07, 6.45) is 3.89. The number of nitrogens with zero attached hydrogens (tertiary/aromatic N) is 5. The third kappa shape index (κ3) is 2.82. The first-order valence-electron chi connectivity index (χ1n) is 8.42. The Kier molecular flexibility index (Phi) is 4.40. The van der Waals surface area contributed by atoms with E-state index in [0.29, 0.717) is 30.4 Å². The highest BCUT2D eigenvalue weighted by Crippen LogP contribution is 2.31. The average molecular weight is 332 g/mol. The molecule has 1 amide bonds. The van der Waals surface area contributed by atoms with Gasteiger partial charge < -0.3 is 10.0 Å². The lowest BCUT2D eigenvalue weighted by molar-refractivity contribution is 0.0380. The van der Waals surface area contributed by atoms with Crippen molar-refractivity contribution in [3.8, 4) is 0 Å². The van der Waals surface area contributed by atoms with E-state index in [1.165, 1.54) is 6.20 Å². The van der Waals surface area contributed by atoms with Gasteiger partial charge in [-0.25, -0.2) is 0 Å². The SMILES string of the molecule is CCC(CC)n1nc(C(=O)N2CC[C@@](O)(c3cn[nH]n3)C2)cc1C. The molecule has 0 saturated carbocycles. The topological polar surface area (TPSA) is 99.9 Å². The van der Waals surface area contributed by atoms with Crippen LogP contribution in [-0.2, 0) is 5.60 Å². The normalized spacial score (nSPS) is 21.0. The van der Waals surface area contributed by atoms with Gasteiger partial charge in [-0.2, -0.15) is 20.5 Å². The molecule has 8 nitrogen and oxygen atoms in total. The number of aliphatic hydroxyl groups is 1. The van der Waals surface area contributed by atoms with Crippen molar-refractivity contribution in [2.75, 3.05) is 13.1 Å². The van der Waals surface area contributed by atoms with Crippen molar-refractivity contribution in [3.63, 3.8) is 0 Å². The number of β-amino-alcohol motifs (C(OH)–C–C–N with tert-alkyl or cyclic N) is 1. The van der Waals surface area contributed by atoms with Gasteiger partial charge >= 0.3 is 0 Å². The van der Waals surface area contributed by atoms with Gasteiger partial charge in [-0.1, -0.05) is 13.8 Å². The van der Waals surface area contributed by atoms with Crippen LogP contribution in [0.3, 0.4) is 0 Å². The van der Waals surface area contributed by atoms with Crippen molar-refractivity contribution in [1.29, 1.82) is 0 Å². The van der Waals surface area contributed by atoms with Crippen LogP contribution >= 0.6 is 0 Å². The molecular weight excluding hydrogens is 308 g/mol. The summed E-state index contributed by atoms with van der Waals surface area (Å²) in [6, 6.07) is 2.13. The van der Waals surface area contributed by atoms with Crippen LogP contribution < -0.4 is 0 Å². The smallest absolute Gasteiger partial charge is 0.274 e. The summed E-state index contributed by atoms with van der Waals surface area (Å²) in [5, 5.41) is 25.4. The van der Waals surface area contributed by atoms with Gasteiger partial charge in [-0.05, 0) is 25.8 Å². The van der Waals surface area contributed by atoms with E-state index in [1.807, 2.05) is 17.7 Å². The fraction of sp³-hybridized carbons (Fsp3) is 0.625. The fourth-order valence-corrected chi connectivity index (χ4v) is 3.36. The van der Waals surface area contributed by atoms with Crippen LogP contribution in [0.5, 0.6) is 0 Å². The lowest BCUT2D eigenvalue weighted by atomic mass is 10.00. The van der Waals surface area contributed by atoms with Gasteiger partial charge in [0.25, 0.3) is 5.91 Å². The third-order valence-electron chi connectivity index (χ3n) is 4.86. The number of amides is 1. The molecular formula is C16H24N6O2. The molecule has 130 valence electrons. The predicted molar refractivity (Wildman–Crippen MR) is 87.4 cm³/mol. The van der Waals surface area contributed by atoms with Gasteiger partial charge in [0.05, 0.1) is 18.8 Å². The fourth-order valence-electron chi connectivity index (χ4n) is 3.36. The molecule has 0 aliphatic carbocycles. The Morgan fingerprint density at radius 2 is 2.21 bits per heavy atom. The molecule has 3 heterocycles. The number of rotatable bonds is 5. The van der Waals surface area contributed by atoms with Crippen molar-refractivity contribution in [2.24, 2.45) is 0 Å². The minimum Gasteiger partial charge on any atom is -0.381 e. The molecule has 1 atom stereocenters. The van der Waals surface area contributed by atoms with Crippen LogP contribution in [0.15, 0.2) is 12.3 Å². The highest BCUT2D eigenvalue weighted by molar-refractivity contribution is 5.92. The largest absolute Gasteiger partial charge is 0.381 e. The molecule has 0 spiro atoms. The molecule has 2 N–H and O–H groups in total. The van der Waals surface area contributed by atoms with Gasteiger partial charge in [-0.3, -0.25) is 9.48 Å². The molecule has 0 bridgehead atoms. The number of carbonyl (C=O) groups is 1. The van der Waals surface area contributed by atoms with Crippen LogP contribution in [0.2, 0.25) is 0 Å². The molecule has 0 radical (unpaired) electrons. The Balaban J connectivity index is 1.77. The van der Waals surface area contributed by atoms with E-state index in [0.717, 1.165) is 18.5 Å². The van der Waals surface area contributed by atoms with Crippen molar-refractivity contribution < 1.29 is 9.90 Å². The highest BCUT2D eigenvalue weighted by atomic mass is 16.3. The molecule has 8 heteroatoms. The monoisotopic (exact) mass is 332 g/mol. The van der Waals surface area contributed by atoms with E-state index >= 15 is 0 Å². The number of aromatic amines is 1. The van der Waals surface area contributed by atoms with Gasteiger partial charge in [-0.15, -0.1) is 0 Å². The molecule has 1 aliphatic heterocycles. The summed E-state index contributed by atoms with van der Waals surface area (Å²) in [5.41, 5.74) is 0.744. The van der Waals surface area contributed by atoms with Crippen LogP contribution in [0.1, 0.15) is 61.0 Å². The van der Waals surface area contributed by atoms with E-state index in [-0.39, 0.29) is 12.5 Å². The van der Waals surface area contributed by atoms with Gasteiger partial charge in [0, 0.05) is 18.7 Å². The van der Waals surface area contributed by atoms with Crippen molar-refractivity contribution in [3.05, 3.63) is 29.3 Å². The second-order valence-corrected chi connectivity index (χ2v) is 6.45. The first kappa shape index (κ1) is 16.6. The number of carbonyl (C=O) groups excluding carboxylic acids is 1. The maximum atomic E-state index is 12.8. The lowest BCUT2D eigenvalue weighted by Gasteiger charge is -2.20. The summed E-state index contributed by atoms with van der Waals surface area (Å²) in [7, 11) is 0. The summed E-state index contributed by atoms with van der Waals surface area (Å²) >= 11 is 0. The number of H-pyrrole nitrogens is 1. The number of hydrogen-bond acceptors (Lipinski definition) is 5. The van der Waals surface area contributed by atoms with Gasteiger partial charge in [0.15, 0.2) is 5.69 Å². The molecule has 24 heavy (non-hydrogen) atoms. The second kappa shape index (κ2) is 6.35. The van der Waals surface area contributed by atoms with Crippen molar-refractivity contribution in [2.45, 2.75) is 51.7 Å². The maximum Gasteiger partial charge on any atom is 0.274 e. The summed E-state index contributed by atoms with van der Waals surface area (Å²) in [6.45, 7) is 6.89. The Morgan fingerprint density at radius 1 is 1.46 bits per heavy atom. The zero-order valence-corrected chi connectivity index (χ0v) is 14.4. The molecule has 2 aromatic heterocycles. The minimum atomic E-state index is -1.14. The van der Waals surface area contributed by atoms with Crippen LogP contribution in [0.4, 0.5) is 0 Å². The van der Waals surface area contributed by atoms with Gasteiger partial charge in [0.1, 0.15) is 11.3 Å². The van der Waals surface area contributed by atoms with Crippen LogP contribution in [0.25, 0.3) is 0 Å². The van der Waals surface area contributed by atoms with E-state index in [9.17, 15) is 9.90 Å². The van der Waals surface area contributed by atoms with E-state index in [1.54, 1.807) is 4.90 Å². The lowest BCUT2D eigenvalue weighted by Crippen LogP contribution is -2.35. The summed E-state index contributed by atoms with van der Waals surface area (Å²) in [4.78, 5) is 14.4. The molecule has 0 aromatic carbocycles. The molecule has 0 unspecified atom stereocenters. The predicted octanol–water partition coefficient (Wildman–Crippen LogP) is 1.40. The average Bonchev–Trinajstić information content (AvgIpc) is 3.29. The summed E-state index contributed by atoms with van der Waals surface area (Å²) < 4.78 is 1.94. The quantitative estimate of drug-likeness (QED) is 0.862. The Bertz CT molecular complexity index is 706. The molecule has 1 fully saturated rings. The molecule has 1 aliphatic rings. The molecule has 2 aromatic rings. The first-order chi connectivity index (χ1) is 11.5. The molecule has 3 rings (SSSR count). The minimum absolute atomic E-state index is 0.151. The maximum absolute atomic E-state index is 12.8. The highest BCUT2D eigenvalue weighted by Gasteiger charge is 2.42. The van der Waals surface area contributed by atoms with Crippen molar-refractivity contribution >= 4 is 5.91 Å². The Hall–Kier alpha value is -2.22. The van der Waals surface area contributed by atoms with Crippen LogP contribution in [0, 0.1) is 6.92 Å². The van der Waals surface area contributed by atoms with E-state index in [4.69, 9.17) is 0 Å². The van der Waals surface area contributed by atoms with Crippen molar-refractivity contribution in [1.82, 2.24) is 30.1 Å². The molecule has 1 saturated heterocycles.